The van der Waals surface area contributed by atoms with Gasteiger partial charge in [0, 0.05) is 28.5 Å². The number of rotatable bonds is 3. The summed E-state index contributed by atoms with van der Waals surface area (Å²) in [4.78, 5) is 3.96. The Kier molecular flexibility index (Phi) is 4.31. The number of aromatic nitrogens is 1. The van der Waals surface area contributed by atoms with Crippen LogP contribution in [0.4, 0.5) is 17.6 Å². The fourth-order valence-electron chi connectivity index (χ4n) is 2.44. The van der Waals surface area contributed by atoms with E-state index in [1.807, 2.05) is 0 Å². The van der Waals surface area contributed by atoms with E-state index in [2.05, 4.69) is 4.98 Å². The van der Waals surface area contributed by atoms with Gasteiger partial charge in [-0.05, 0) is 18.2 Å². The fraction of sp³-hybridized carbons (Fsp3) is 0.0556. The number of aliphatic hydroxyl groups is 1. The van der Waals surface area contributed by atoms with Gasteiger partial charge in [0.05, 0.1) is 12.3 Å². The molecule has 2 aromatic carbocycles. The van der Waals surface area contributed by atoms with Gasteiger partial charge in [-0.2, -0.15) is 0 Å². The van der Waals surface area contributed by atoms with Crippen molar-refractivity contribution in [2.24, 2.45) is 0 Å². The Balaban J connectivity index is 2.23. The largest absolute Gasteiger partial charge is 0.390 e. The molecule has 2 nitrogen and oxygen atoms in total. The van der Waals surface area contributed by atoms with E-state index in [1.165, 1.54) is 36.5 Å². The summed E-state index contributed by atoms with van der Waals surface area (Å²) in [5, 5.41) is 9.39. The van der Waals surface area contributed by atoms with Gasteiger partial charge in [0.15, 0.2) is 23.3 Å². The highest BCUT2D eigenvalue weighted by molar-refractivity contribution is 5.74. The van der Waals surface area contributed by atoms with E-state index >= 15 is 0 Å². The molecule has 0 aliphatic carbocycles. The molecule has 3 rings (SSSR count). The zero-order valence-corrected chi connectivity index (χ0v) is 12.2. The number of halogens is 4. The van der Waals surface area contributed by atoms with Crippen LogP contribution in [0.5, 0.6) is 0 Å². The molecule has 0 spiro atoms. The van der Waals surface area contributed by atoms with E-state index in [4.69, 9.17) is 0 Å². The number of benzene rings is 2. The molecule has 0 saturated heterocycles. The van der Waals surface area contributed by atoms with E-state index in [9.17, 15) is 22.7 Å². The third kappa shape index (κ3) is 2.76. The van der Waals surface area contributed by atoms with Crippen LogP contribution in [0.15, 0.2) is 48.7 Å². The van der Waals surface area contributed by atoms with Crippen molar-refractivity contribution in [3.05, 3.63) is 77.6 Å². The van der Waals surface area contributed by atoms with Crippen LogP contribution in [0, 0.1) is 23.3 Å². The van der Waals surface area contributed by atoms with Crippen molar-refractivity contribution in [1.29, 1.82) is 0 Å². The molecule has 0 atom stereocenters. The van der Waals surface area contributed by atoms with Crippen molar-refractivity contribution in [3.8, 4) is 22.3 Å². The summed E-state index contributed by atoms with van der Waals surface area (Å²) in [6, 6.07) is 8.58. The molecule has 1 aromatic heterocycles. The fourth-order valence-corrected chi connectivity index (χ4v) is 2.44. The van der Waals surface area contributed by atoms with Gasteiger partial charge in [0.1, 0.15) is 0 Å². The van der Waals surface area contributed by atoms with Gasteiger partial charge in [-0.1, -0.05) is 24.3 Å². The Morgan fingerprint density at radius 1 is 0.792 bits per heavy atom. The first-order valence-corrected chi connectivity index (χ1v) is 7.01. The summed E-state index contributed by atoms with van der Waals surface area (Å²) in [5.74, 6) is -4.26. The van der Waals surface area contributed by atoms with Gasteiger partial charge in [0.25, 0.3) is 0 Å². The van der Waals surface area contributed by atoms with Crippen LogP contribution in [-0.4, -0.2) is 10.1 Å². The summed E-state index contributed by atoms with van der Waals surface area (Å²) >= 11 is 0. The number of pyridine rings is 1. The second-order valence-electron chi connectivity index (χ2n) is 5.08. The maximum absolute atomic E-state index is 14.1. The van der Waals surface area contributed by atoms with Crippen molar-refractivity contribution in [3.63, 3.8) is 0 Å². The minimum Gasteiger partial charge on any atom is -0.390 e. The lowest BCUT2D eigenvalue weighted by Crippen LogP contribution is -1.99. The highest BCUT2D eigenvalue weighted by Gasteiger charge is 2.17. The van der Waals surface area contributed by atoms with E-state index in [1.54, 1.807) is 0 Å². The Morgan fingerprint density at radius 2 is 1.38 bits per heavy atom. The molecule has 0 fully saturated rings. The van der Waals surface area contributed by atoms with Crippen molar-refractivity contribution < 1.29 is 22.7 Å². The maximum atomic E-state index is 14.1. The number of hydrogen-bond donors (Lipinski definition) is 1. The Labute approximate surface area is 135 Å². The Bertz CT molecular complexity index is 912. The second-order valence-corrected chi connectivity index (χ2v) is 5.08. The van der Waals surface area contributed by atoms with Crippen LogP contribution in [0.1, 0.15) is 5.69 Å². The monoisotopic (exact) mass is 333 g/mol. The lowest BCUT2D eigenvalue weighted by Gasteiger charge is -2.11. The molecule has 0 aliphatic rings. The lowest BCUT2D eigenvalue weighted by atomic mass is 9.98. The zero-order chi connectivity index (χ0) is 17.3. The summed E-state index contributed by atoms with van der Waals surface area (Å²) < 4.78 is 54.9. The molecular formula is C18H11F4NO. The lowest BCUT2D eigenvalue weighted by molar-refractivity contribution is 0.277. The predicted molar refractivity (Wildman–Crippen MR) is 80.9 cm³/mol. The average Bonchev–Trinajstić information content (AvgIpc) is 2.59. The smallest absolute Gasteiger partial charge is 0.166 e. The molecule has 1 N–H and O–H groups in total. The second kappa shape index (κ2) is 6.41. The van der Waals surface area contributed by atoms with E-state index < -0.39 is 29.9 Å². The third-order valence-corrected chi connectivity index (χ3v) is 3.62. The van der Waals surface area contributed by atoms with Crippen LogP contribution in [-0.2, 0) is 6.61 Å². The molecule has 24 heavy (non-hydrogen) atoms. The van der Waals surface area contributed by atoms with Crippen molar-refractivity contribution in [1.82, 2.24) is 4.98 Å². The van der Waals surface area contributed by atoms with Gasteiger partial charge in [-0.3, -0.25) is 4.98 Å². The standard InChI is InChI=1S/C18H11F4NO/c19-14-5-1-3-11(17(14)21)10-7-13(16(9-24)23-8-10)12-4-2-6-15(20)18(12)22/h1-8,24H,9H2. The van der Waals surface area contributed by atoms with E-state index in [0.717, 1.165) is 12.1 Å². The van der Waals surface area contributed by atoms with Gasteiger partial charge < -0.3 is 5.11 Å². The molecule has 0 unspecified atom stereocenters. The van der Waals surface area contributed by atoms with Gasteiger partial charge in [-0.25, -0.2) is 17.6 Å². The van der Waals surface area contributed by atoms with Crippen molar-refractivity contribution >= 4 is 0 Å². The van der Waals surface area contributed by atoms with E-state index in [-0.39, 0.29) is 27.9 Å². The molecule has 1 heterocycles. The summed E-state index contributed by atoms with van der Waals surface area (Å²) in [6.07, 6.45) is 1.24. The SMILES string of the molecule is OCc1ncc(-c2cccc(F)c2F)cc1-c1cccc(F)c1F. The van der Waals surface area contributed by atoms with Crippen LogP contribution < -0.4 is 0 Å². The third-order valence-electron chi connectivity index (χ3n) is 3.62. The number of nitrogens with zero attached hydrogens (tertiary/aromatic N) is 1. The zero-order valence-electron chi connectivity index (χ0n) is 12.2. The molecule has 0 aliphatic heterocycles. The molecule has 0 amide bonds. The van der Waals surface area contributed by atoms with Crippen LogP contribution >= 0.6 is 0 Å². The highest BCUT2D eigenvalue weighted by atomic mass is 19.2. The average molecular weight is 333 g/mol. The van der Waals surface area contributed by atoms with Crippen LogP contribution in [0.3, 0.4) is 0 Å². The molecule has 122 valence electrons. The molecule has 6 heteroatoms. The quantitative estimate of drug-likeness (QED) is 0.718. The first kappa shape index (κ1) is 16.1. The molecule has 3 aromatic rings. The minimum absolute atomic E-state index is 0.0648. The number of hydrogen-bond acceptors (Lipinski definition) is 2. The van der Waals surface area contributed by atoms with Gasteiger partial charge >= 0.3 is 0 Å². The Hall–Kier alpha value is -2.73. The van der Waals surface area contributed by atoms with Crippen molar-refractivity contribution in [2.75, 3.05) is 0 Å². The van der Waals surface area contributed by atoms with E-state index in [0.29, 0.717) is 0 Å². The number of aliphatic hydroxyl groups excluding tert-OH is 1. The topological polar surface area (TPSA) is 33.1 Å². The maximum Gasteiger partial charge on any atom is 0.166 e. The predicted octanol–water partition coefficient (Wildman–Crippen LogP) is 4.46. The summed E-state index contributed by atoms with van der Waals surface area (Å²) in [5.41, 5.74) is 0.203. The highest BCUT2D eigenvalue weighted by Crippen LogP contribution is 2.32. The summed E-state index contributed by atoms with van der Waals surface area (Å²) in [6.45, 7) is -0.517. The molecule has 0 bridgehead atoms. The van der Waals surface area contributed by atoms with Crippen molar-refractivity contribution in [2.45, 2.75) is 6.61 Å². The van der Waals surface area contributed by atoms with Gasteiger partial charge in [0.2, 0.25) is 0 Å². The Morgan fingerprint density at radius 3 is 2.00 bits per heavy atom. The first-order chi connectivity index (χ1) is 11.5. The summed E-state index contributed by atoms with van der Waals surface area (Å²) in [7, 11) is 0. The van der Waals surface area contributed by atoms with Crippen LogP contribution in [0.25, 0.3) is 22.3 Å². The molecular weight excluding hydrogens is 322 g/mol. The normalized spacial score (nSPS) is 10.9. The van der Waals surface area contributed by atoms with Gasteiger partial charge in [-0.15, -0.1) is 0 Å². The minimum atomic E-state index is -1.11. The molecule has 0 radical (unpaired) electrons. The molecule has 0 saturated carbocycles. The van der Waals surface area contributed by atoms with Crippen LogP contribution in [0.2, 0.25) is 0 Å². The first-order valence-electron chi connectivity index (χ1n) is 7.01.